The van der Waals surface area contributed by atoms with Gasteiger partial charge in [0.05, 0.1) is 12.1 Å². The van der Waals surface area contributed by atoms with Gasteiger partial charge in [0, 0.05) is 30.9 Å². The lowest BCUT2D eigenvalue weighted by Gasteiger charge is -2.17. The van der Waals surface area contributed by atoms with Gasteiger partial charge < -0.3 is 15.0 Å². The van der Waals surface area contributed by atoms with Gasteiger partial charge in [-0.25, -0.2) is 0 Å². The number of amides is 2. The number of halogens is 1. The van der Waals surface area contributed by atoms with Gasteiger partial charge in [0.15, 0.2) is 0 Å². The van der Waals surface area contributed by atoms with Gasteiger partial charge in [-0.05, 0) is 41.1 Å². The van der Waals surface area contributed by atoms with E-state index in [4.69, 9.17) is 4.74 Å². The van der Waals surface area contributed by atoms with Gasteiger partial charge in [-0.3, -0.25) is 9.59 Å². The van der Waals surface area contributed by atoms with Gasteiger partial charge in [-0.2, -0.15) is 0 Å². The third-order valence-corrected chi connectivity index (χ3v) is 3.73. The van der Waals surface area contributed by atoms with E-state index >= 15 is 0 Å². The zero-order valence-electron chi connectivity index (χ0n) is 11.7. The van der Waals surface area contributed by atoms with Crippen molar-refractivity contribution in [3.8, 4) is 0 Å². The van der Waals surface area contributed by atoms with Crippen LogP contribution in [0.4, 0.5) is 0 Å². The molecular weight excluding hydrogens is 371 g/mol. The second kappa shape index (κ2) is 8.91. The number of carbonyl (C=O) groups is 2. The minimum absolute atomic E-state index is 0.00723. The van der Waals surface area contributed by atoms with Gasteiger partial charge in [-0.15, -0.1) is 0 Å². The summed E-state index contributed by atoms with van der Waals surface area (Å²) in [5, 5.41) is 2.64. The third kappa shape index (κ3) is 5.46. The smallest absolute Gasteiger partial charge is 0.252 e. The Kier molecular flexibility index (Phi) is 7.53. The van der Waals surface area contributed by atoms with Crippen LogP contribution in [0.5, 0.6) is 0 Å². The number of ether oxygens (including phenoxy) is 1. The van der Waals surface area contributed by atoms with Crippen molar-refractivity contribution >= 4 is 34.4 Å². The number of methoxy groups -OCH3 is 1. The molecule has 20 heavy (non-hydrogen) atoms. The lowest BCUT2D eigenvalue weighted by molar-refractivity contribution is -0.128. The van der Waals surface area contributed by atoms with Gasteiger partial charge in [0.25, 0.3) is 5.91 Å². The van der Waals surface area contributed by atoms with E-state index in [0.29, 0.717) is 18.7 Å². The Balaban J connectivity index is 2.41. The number of benzene rings is 1. The van der Waals surface area contributed by atoms with Gasteiger partial charge in [0.2, 0.25) is 5.91 Å². The minimum Gasteiger partial charge on any atom is -0.385 e. The van der Waals surface area contributed by atoms with E-state index in [0.717, 1.165) is 9.99 Å². The average molecular weight is 390 g/mol. The Morgan fingerprint density at radius 1 is 1.35 bits per heavy atom. The fourth-order valence-electron chi connectivity index (χ4n) is 1.60. The highest BCUT2D eigenvalue weighted by atomic mass is 127. The molecule has 1 aromatic rings. The Morgan fingerprint density at radius 2 is 2.05 bits per heavy atom. The molecule has 110 valence electrons. The highest BCUT2D eigenvalue weighted by molar-refractivity contribution is 14.1. The van der Waals surface area contributed by atoms with Crippen molar-refractivity contribution in [2.45, 2.75) is 6.42 Å². The minimum atomic E-state index is -0.228. The molecule has 0 fully saturated rings. The quantitative estimate of drug-likeness (QED) is 0.568. The van der Waals surface area contributed by atoms with Crippen LogP contribution in [-0.4, -0.2) is 50.6 Å². The maximum absolute atomic E-state index is 11.9. The molecule has 0 atom stereocenters. The summed E-state index contributed by atoms with van der Waals surface area (Å²) in [6.45, 7) is 1.24. The fraction of sp³-hybridized carbons (Fsp3) is 0.429. The van der Waals surface area contributed by atoms with Crippen LogP contribution in [0.25, 0.3) is 0 Å². The Labute approximate surface area is 132 Å². The Hall–Kier alpha value is -1.15. The number of nitrogens with zero attached hydrogens (tertiary/aromatic N) is 1. The Morgan fingerprint density at radius 3 is 2.70 bits per heavy atom. The first-order chi connectivity index (χ1) is 9.56. The molecule has 0 aliphatic heterocycles. The summed E-state index contributed by atoms with van der Waals surface area (Å²) < 4.78 is 5.80. The summed E-state index contributed by atoms with van der Waals surface area (Å²) in [6, 6.07) is 7.26. The first-order valence-corrected chi connectivity index (χ1v) is 7.39. The zero-order chi connectivity index (χ0) is 15.0. The maximum atomic E-state index is 11.9. The number of hydrogen-bond donors (Lipinski definition) is 1. The third-order valence-electron chi connectivity index (χ3n) is 2.79. The Bertz CT molecular complexity index is 465. The van der Waals surface area contributed by atoms with E-state index in [9.17, 15) is 9.59 Å². The largest absolute Gasteiger partial charge is 0.385 e. The molecule has 5 nitrogen and oxygen atoms in total. The second-order valence-corrected chi connectivity index (χ2v) is 5.49. The summed E-state index contributed by atoms with van der Waals surface area (Å²) in [6.07, 6.45) is 0.781. The van der Waals surface area contributed by atoms with Crippen molar-refractivity contribution in [1.82, 2.24) is 10.2 Å². The molecule has 1 aromatic carbocycles. The molecule has 0 aromatic heterocycles. The van der Waals surface area contributed by atoms with E-state index in [-0.39, 0.29) is 18.4 Å². The lowest BCUT2D eigenvalue weighted by Crippen LogP contribution is -2.38. The molecule has 0 bridgehead atoms. The van der Waals surface area contributed by atoms with E-state index in [2.05, 4.69) is 27.9 Å². The van der Waals surface area contributed by atoms with E-state index in [1.807, 2.05) is 12.1 Å². The molecule has 6 heteroatoms. The molecule has 0 heterocycles. The average Bonchev–Trinajstić information content (AvgIpc) is 2.45. The van der Waals surface area contributed by atoms with Gasteiger partial charge >= 0.3 is 0 Å². The maximum Gasteiger partial charge on any atom is 0.252 e. The highest BCUT2D eigenvalue weighted by Crippen LogP contribution is 2.10. The number of rotatable bonds is 7. The molecule has 0 spiro atoms. The van der Waals surface area contributed by atoms with E-state index in [1.54, 1.807) is 31.2 Å². The van der Waals surface area contributed by atoms with Crippen molar-refractivity contribution in [3.05, 3.63) is 33.4 Å². The number of carbonyl (C=O) groups excluding carboxylic acids is 2. The predicted molar refractivity (Wildman–Crippen MR) is 85.6 cm³/mol. The monoisotopic (exact) mass is 390 g/mol. The predicted octanol–water partition coefficient (Wildman–Crippen LogP) is 1.52. The van der Waals surface area contributed by atoms with Crippen LogP contribution in [0.1, 0.15) is 16.8 Å². The van der Waals surface area contributed by atoms with Crippen LogP contribution in [0.15, 0.2) is 24.3 Å². The van der Waals surface area contributed by atoms with Crippen molar-refractivity contribution in [2.24, 2.45) is 0 Å². The number of likely N-dealkylation sites (N-methyl/N-ethyl adjacent to an activating group) is 1. The molecule has 0 saturated heterocycles. The summed E-state index contributed by atoms with van der Waals surface area (Å²) in [4.78, 5) is 25.4. The molecule has 0 radical (unpaired) electrons. The summed E-state index contributed by atoms with van der Waals surface area (Å²) in [5.41, 5.74) is 0.586. The molecule has 2 amide bonds. The molecular formula is C14H19IN2O3. The van der Waals surface area contributed by atoms with Crippen molar-refractivity contribution in [3.63, 3.8) is 0 Å². The van der Waals surface area contributed by atoms with Crippen molar-refractivity contribution in [1.29, 1.82) is 0 Å². The molecule has 0 aliphatic carbocycles. The standard InChI is InChI=1S/C14H19IN2O3/c1-17(8-5-9-20-2)13(18)10-16-14(19)11-6-3-4-7-12(11)15/h3-4,6-7H,5,8-10H2,1-2H3,(H,16,19). The summed E-state index contributed by atoms with van der Waals surface area (Å²) in [7, 11) is 3.35. The normalized spacial score (nSPS) is 10.2. The van der Waals surface area contributed by atoms with Crippen LogP contribution >= 0.6 is 22.6 Å². The number of hydrogen-bond acceptors (Lipinski definition) is 3. The zero-order valence-corrected chi connectivity index (χ0v) is 13.8. The van der Waals surface area contributed by atoms with Gasteiger partial charge in [-0.1, -0.05) is 12.1 Å². The lowest BCUT2D eigenvalue weighted by atomic mass is 10.2. The van der Waals surface area contributed by atoms with Crippen LogP contribution in [-0.2, 0) is 9.53 Å². The van der Waals surface area contributed by atoms with Crippen LogP contribution in [0.3, 0.4) is 0 Å². The second-order valence-electron chi connectivity index (χ2n) is 4.32. The fourth-order valence-corrected chi connectivity index (χ4v) is 2.23. The van der Waals surface area contributed by atoms with Crippen molar-refractivity contribution < 1.29 is 14.3 Å². The summed E-state index contributed by atoms with van der Waals surface area (Å²) >= 11 is 2.10. The molecule has 1 N–H and O–H groups in total. The van der Waals surface area contributed by atoms with Crippen LogP contribution < -0.4 is 5.32 Å². The molecule has 0 unspecified atom stereocenters. The van der Waals surface area contributed by atoms with E-state index in [1.165, 1.54) is 0 Å². The molecule has 0 saturated carbocycles. The first-order valence-electron chi connectivity index (χ1n) is 6.32. The number of nitrogens with one attached hydrogen (secondary N) is 1. The van der Waals surface area contributed by atoms with Crippen molar-refractivity contribution in [2.75, 3.05) is 33.9 Å². The SMILES string of the molecule is COCCCN(C)C(=O)CNC(=O)c1ccccc1I. The molecule has 1 rings (SSSR count). The highest BCUT2D eigenvalue weighted by Gasteiger charge is 2.12. The molecule has 0 aliphatic rings. The topological polar surface area (TPSA) is 58.6 Å². The first kappa shape index (κ1) is 16.9. The van der Waals surface area contributed by atoms with Crippen LogP contribution in [0.2, 0.25) is 0 Å². The van der Waals surface area contributed by atoms with E-state index < -0.39 is 0 Å². The van der Waals surface area contributed by atoms with Gasteiger partial charge in [0.1, 0.15) is 0 Å². The van der Waals surface area contributed by atoms with Crippen LogP contribution in [0, 0.1) is 3.57 Å². The summed E-state index contributed by atoms with van der Waals surface area (Å²) in [5.74, 6) is -0.339.